The zero-order valence-corrected chi connectivity index (χ0v) is 40.3. The molecule has 0 fully saturated rings. The fourth-order valence-electron chi connectivity index (χ4n) is 12.1. The molecule has 2 aliphatic carbocycles. The van der Waals surface area contributed by atoms with E-state index in [2.05, 4.69) is 215 Å². The molecular formula is C63H67B. The van der Waals surface area contributed by atoms with Crippen LogP contribution >= 0.6 is 0 Å². The second-order valence-corrected chi connectivity index (χ2v) is 22.7. The molecule has 0 saturated heterocycles. The summed E-state index contributed by atoms with van der Waals surface area (Å²) < 4.78 is 0. The summed E-state index contributed by atoms with van der Waals surface area (Å²) in [5.74, 6) is 0.245. The summed E-state index contributed by atoms with van der Waals surface area (Å²) in [5.41, 5.74) is 26.3. The van der Waals surface area contributed by atoms with Crippen LogP contribution in [0.4, 0.5) is 0 Å². The number of aryl methyl sites for hydroxylation is 1. The predicted octanol–water partition coefficient (Wildman–Crippen LogP) is 15.2. The van der Waals surface area contributed by atoms with Gasteiger partial charge in [0.25, 0.3) is 0 Å². The van der Waals surface area contributed by atoms with E-state index >= 15 is 0 Å². The molecule has 7 aromatic carbocycles. The van der Waals surface area contributed by atoms with E-state index in [-0.39, 0.29) is 34.3 Å². The van der Waals surface area contributed by atoms with Gasteiger partial charge < -0.3 is 0 Å². The molecule has 0 aromatic heterocycles. The van der Waals surface area contributed by atoms with Crippen LogP contribution in [-0.2, 0) is 34.5 Å². The fraction of sp³-hybridized carbons (Fsp3) is 0.333. The number of hydrogen-bond donors (Lipinski definition) is 0. The van der Waals surface area contributed by atoms with Crippen molar-refractivity contribution in [2.24, 2.45) is 0 Å². The molecular weight excluding hydrogens is 768 g/mol. The van der Waals surface area contributed by atoms with Gasteiger partial charge >= 0.3 is 0 Å². The number of hydrogen-bond acceptors (Lipinski definition) is 0. The molecule has 1 heterocycles. The van der Waals surface area contributed by atoms with Gasteiger partial charge in [0.05, 0.1) is 0 Å². The Bertz CT molecular complexity index is 2890. The van der Waals surface area contributed by atoms with Crippen LogP contribution in [-0.4, -0.2) is 6.71 Å². The smallest absolute Gasteiger partial charge is 0.0774 e. The van der Waals surface area contributed by atoms with Gasteiger partial charge in [0.15, 0.2) is 0 Å². The lowest BCUT2D eigenvalue weighted by Gasteiger charge is -2.44. The van der Waals surface area contributed by atoms with Gasteiger partial charge in [0.1, 0.15) is 0 Å². The van der Waals surface area contributed by atoms with Crippen LogP contribution in [0.2, 0.25) is 6.82 Å². The number of rotatable bonds is 7. The van der Waals surface area contributed by atoms with Gasteiger partial charge in [0.2, 0.25) is 6.71 Å². The SMILES string of the molecule is CB1c2cc3c(cc2C(Cc2ccc4c(c2)C(C)(C)CCC4(C)C)c2cc(C)cc(-c4cc(-c5ccccc5)ccc4Cc4ccc(-c5ccccc5)cc4)c21)C(C)(C)CCC3(C)C. The third kappa shape index (κ3) is 7.52. The molecule has 10 rings (SSSR count). The van der Waals surface area contributed by atoms with E-state index in [0.29, 0.717) is 0 Å². The van der Waals surface area contributed by atoms with Gasteiger partial charge in [-0.2, -0.15) is 0 Å². The molecule has 64 heavy (non-hydrogen) atoms. The lowest BCUT2D eigenvalue weighted by molar-refractivity contribution is 0.331. The van der Waals surface area contributed by atoms with Crippen LogP contribution in [0.3, 0.4) is 0 Å². The molecule has 0 spiro atoms. The molecule has 0 radical (unpaired) electrons. The Balaban J connectivity index is 1.17. The highest BCUT2D eigenvalue weighted by atomic mass is 14.4. The maximum Gasteiger partial charge on any atom is 0.207 e. The minimum atomic E-state index is 0.135. The van der Waals surface area contributed by atoms with Crippen molar-refractivity contribution in [2.75, 3.05) is 0 Å². The summed E-state index contributed by atoms with van der Waals surface area (Å²) in [6, 6.07) is 56.4. The molecule has 0 nitrogen and oxygen atoms in total. The molecule has 1 aliphatic heterocycles. The summed E-state index contributed by atoms with van der Waals surface area (Å²) in [6.45, 7) is 24.9. The van der Waals surface area contributed by atoms with Crippen molar-refractivity contribution in [3.8, 4) is 33.4 Å². The molecule has 1 heteroatoms. The number of benzene rings is 7. The standard InChI is InChI=1S/C63H67B/c1-41-33-52(49-38-47(45-19-15-12-16-20-45)26-27-48(49)35-42-21-24-46(25-22-42)44-17-13-11-14-18-44)59-53(34-41)50(36-43-23-28-54-55(37-43)61(4,5)30-29-60(54,2)3)51-39-56-57(40-58(51)64(59)10)63(8,9)32-31-62(56,6)7/h11-28,33-34,37-40,50H,29-32,35-36H2,1-10H3. The quantitative estimate of drug-likeness (QED) is 0.140. The molecule has 322 valence electrons. The van der Waals surface area contributed by atoms with Gasteiger partial charge in [0, 0.05) is 5.92 Å². The Morgan fingerprint density at radius 2 is 0.969 bits per heavy atom. The maximum atomic E-state index is 2.71. The third-order valence-corrected chi connectivity index (χ3v) is 16.4. The highest BCUT2D eigenvalue weighted by Crippen LogP contribution is 2.49. The number of fused-ring (bicyclic) bond motifs is 4. The summed E-state index contributed by atoms with van der Waals surface area (Å²) in [4.78, 5) is 0. The average Bonchev–Trinajstić information content (AvgIpc) is 3.28. The Morgan fingerprint density at radius 3 is 1.59 bits per heavy atom. The van der Waals surface area contributed by atoms with Gasteiger partial charge in [-0.25, -0.2) is 0 Å². The molecule has 7 aromatic rings. The zero-order valence-electron chi connectivity index (χ0n) is 40.3. The Kier molecular flexibility index (Phi) is 10.4. The summed E-state index contributed by atoms with van der Waals surface area (Å²) in [6.07, 6.45) is 6.76. The van der Waals surface area contributed by atoms with Crippen LogP contribution in [0, 0.1) is 6.92 Å². The van der Waals surface area contributed by atoms with Gasteiger partial charge in [-0.15, -0.1) is 0 Å². The summed E-state index contributed by atoms with van der Waals surface area (Å²) in [5, 5.41) is 0. The van der Waals surface area contributed by atoms with E-state index in [1.807, 2.05) is 0 Å². The normalized spacial score (nSPS) is 18.7. The van der Waals surface area contributed by atoms with Crippen molar-refractivity contribution in [2.45, 2.75) is 135 Å². The van der Waals surface area contributed by atoms with Crippen LogP contribution in [0.25, 0.3) is 33.4 Å². The zero-order chi connectivity index (χ0) is 44.8. The first-order valence-electron chi connectivity index (χ1n) is 24.3. The largest absolute Gasteiger partial charge is 0.207 e. The highest BCUT2D eigenvalue weighted by Gasteiger charge is 2.42. The van der Waals surface area contributed by atoms with Crippen molar-refractivity contribution >= 4 is 17.6 Å². The maximum absolute atomic E-state index is 2.71. The van der Waals surface area contributed by atoms with Crippen molar-refractivity contribution in [3.63, 3.8) is 0 Å². The predicted molar refractivity (Wildman–Crippen MR) is 277 cm³/mol. The van der Waals surface area contributed by atoms with Crippen molar-refractivity contribution in [3.05, 3.63) is 201 Å². The first-order chi connectivity index (χ1) is 30.5. The van der Waals surface area contributed by atoms with Crippen molar-refractivity contribution in [1.29, 1.82) is 0 Å². The van der Waals surface area contributed by atoms with E-state index in [0.717, 1.165) is 12.8 Å². The minimum Gasteiger partial charge on any atom is -0.0774 e. The second kappa shape index (κ2) is 15.6. The first-order valence-corrected chi connectivity index (χ1v) is 24.3. The van der Waals surface area contributed by atoms with Gasteiger partial charge in [-0.05, 0) is 157 Å². The monoisotopic (exact) mass is 835 g/mol. The van der Waals surface area contributed by atoms with E-state index in [1.165, 1.54) is 97.8 Å². The Labute approximate surface area is 385 Å². The first kappa shape index (κ1) is 42.5. The van der Waals surface area contributed by atoms with Crippen LogP contribution in [0.15, 0.2) is 146 Å². The Hall–Kier alpha value is -5.40. The highest BCUT2D eigenvalue weighted by molar-refractivity contribution is 6.86. The van der Waals surface area contributed by atoms with Crippen molar-refractivity contribution in [1.82, 2.24) is 0 Å². The third-order valence-electron chi connectivity index (χ3n) is 16.4. The van der Waals surface area contributed by atoms with Gasteiger partial charge in [-0.3, -0.25) is 0 Å². The molecule has 0 bridgehead atoms. The molecule has 1 unspecified atom stereocenters. The molecule has 0 N–H and O–H groups in total. The van der Waals surface area contributed by atoms with Crippen molar-refractivity contribution < 1.29 is 0 Å². The lowest BCUT2D eigenvalue weighted by atomic mass is 9.35. The van der Waals surface area contributed by atoms with Crippen LogP contribution in [0.5, 0.6) is 0 Å². The van der Waals surface area contributed by atoms with Crippen LogP contribution in [0.1, 0.15) is 143 Å². The Morgan fingerprint density at radius 1 is 0.453 bits per heavy atom. The lowest BCUT2D eigenvalue weighted by Crippen LogP contribution is -2.51. The van der Waals surface area contributed by atoms with E-state index < -0.39 is 0 Å². The fourth-order valence-corrected chi connectivity index (χ4v) is 12.1. The molecule has 0 saturated carbocycles. The summed E-state index contributed by atoms with van der Waals surface area (Å²) in [7, 11) is 0. The topological polar surface area (TPSA) is 0 Å². The van der Waals surface area contributed by atoms with E-state index in [1.54, 1.807) is 27.8 Å². The molecule has 3 aliphatic rings. The van der Waals surface area contributed by atoms with E-state index in [9.17, 15) is 0 Å². The second-order valence-electron chi connectivity index (χ2n) is 22.7. The van der Waals surface area contributed by atoms with Crippen LogP contribution < -0.4 is 10.9 Å². The average molecular weight is 835 g/mol. The van der Waals surface area contributed by atoms with E-state index in [4.69, 9.17) is 0 Å². The summed E-state index contributed by atoms with van der Waals surface area (Å²) >= 11 is 0. The minimum absolute atomic E-state index is 0.135. The molecule has 1 atom stereocenters. The molecule has 0 amide bonds. The van der Waals surface area contributed by atoms with Gasteiger partial charge in [-0.1, -0.05) is 218 Å².